The Morgan fingerprint density at radius 2 is 1.51 bits per heavy atom. The fourth-order valence-electron chi connectivity index (χ4n) is 4.14. The molecule has 0 aromatic heterocycles. The van der Waals surface area contributed by atoms with Gasteiger partial charge in [-0.1, -0.05) is 29.3 Å². The molecule has 0 atom stereocenters. The first-order valence-electron chi connectivity index (χ1n) is 11.3. The largest absolute Gasteiger partial charge is 0.368 e. The molecule has 1 aliphatic rings. The normalized spacial score (nSPS) is 14.6. The summed E-state index contributed by atoms with van der Waals surface area (Å²) in [5, 5.41) is 0.403. The van der Waals surface area contributed by atoms with Gasteiger partial charge in [-0.15, -0.1) is 11.8 Å². The second-order valence-electron chi connectivity index (χ2n) is 8.75. The number of halogens is 2. The molecule has 0 unspecified atom stereocenters. The van der Waals surface area contributed by atoms with E-state index in [1.54, 1.807) is 36.0 Å². The van der Waals surface area contributed by atoms with Crippen LogP contribution in [-0.4, -0.2) is 53.0 Å². The molecule has 1 heterocycles. The zero-order valence-corrected chi connectivity index (χ0v) is 22.4. The summed E-state index contributed by atoms with van der Waals surface area (Å²) in [6.45, 7) is 5.11. The molecule has 1 aliphatic heterocycles. The van der Waals surface area contributed by atoms with Gasteiger partial charge in [0.05, 0.1) is 10.6 Å². The van der Waals surface area contributed by atoms with E-state index >= 15 is 0 Å². The highest BCUT2D eigenvalue weighted by atomic mass is 35.5. The minimum atomic E-state index is -3.43. The van der Waals surface area contributed by atoms with Crippen LogP contribution < -0.4 is 9.80 Å². The maximum absolute atomic E-state index is 14.4. The number of hydrogen-bond acceptors (Lipinski definition) is 5. The topological polar surface area (TPSA) is 43.9 Å². The summed E-state index contributed by atoms with van der Waals surface area (Å²) in [7, 11) is -0.372. The van der Waals surface area contributed by atoms with E-state index in [9.17, 15) is 12.8 Å². The van der Waals surface area contributed by atoms with Gasteiger partial charge in [0.25, 0.3) is 0 Å². The molecule has 0 bridgehead atoms. The SMILES string of the molecule is Cc1ccc(N2CCN(c3ccc(Cl)cc3F)CC2)c(CSc2ccc(S(=O)(=O)N(C)C)cc2)c1. The fourth-order valence-corrected chi connectivity index (χ4v) is 6.09. The molecule has 0 N–H and O–H groups in total. The van der Waals surface area contributed by atoms with Crippen LogP contribution >= 0.6 is 23.4 Å². The monoisotopic (exact) mass is 533 g/mol. The van der Waals surface area contributed by atoms with Crippen LogP contribution in [0.3, 0.4) is 0 Å². The summed E-state index contributed by atoms with van der Waals surface area (Å²) >= 11 is 7.59. The molecule has 0 saturated carbocycles. The molecule has 186 valence electrons. The minimum absolute atomic E-state index is 0.289. The molecule has 0 spiro atoms. The predicted octanol–water partition coefficient (Wildman–Crippen LogP) is 5.66. The second kappa shape index (κ2) is 10.8. The molecule has 3 aromatic carbocycles. The third-order valence-electron chi connectivity index (χ3n) is 6.10. The number of anilines is 2. The molecule has 3 aromatic rings. The average Bonchev–Trinajstić information content (AvgIpc) is 2.83. The van der Waals surface area contributed by atoms with Crippen LogP contribution in [0.25, 0.3) is 0 Å². The summed E-state index contributed by atoms with van der Waals surface area (Å²) in [4.78, 5) is 5.72. The molecule has 4 rings (SSSR count). The van der Waals surface area contributed by atoms with Crippen molar-refractivity contribution in [2.45, 2.75) is 22.5 Å². The van der Waals surface area contributed by atoms with E-state index in [0.717, 1.165) is 36.8 Å². The van der Waals surface area contributed by atoms with Crippen molar-refractivity contribution in [3.8, 4) is 0 Å². The van der Waals surface area contributed by atoms with Gasteiger partial charge < -0.3 is 9.80 Å². The van der Waals surface area contributed by atoms with Gasteiger partial charge in [0.15, 0.2) is 0 Å². The van der Waals surface area contributed by atoms with Gasteiger partial charge in [0.1, 0.15) is 5.82 Å². The van der Waals surface area contributed by atoms with E-state index in [4.69, 9.17) is 11.6 Å². The van der Waals surface area contributed by atoms with Crippen LogP contribution in [0.5, 0.6) is 0 Å². The maximum atomic E-state index is 14.4. The molecule has 1 fully saturated rings. The molecule has 0 aliphatic carbocycles. The van der Waals surface area contributed by atoms with Crippen LogP contribution in [0.2, 0.25) is 5.02 Å². The van der Waals surface area contributed by atoms with E-state index in [1.165, 1.54) is 41.3 Å². The van der Waals surface area contributed by atoms with Crippen LogP contribution in [-0.2, 0) is 15.8 Å². The van der Waals surface area contributed by atoms with Gasteiger partial charge in [0, 0.05) is 61.6 Å². The third-order valence-corrected chi connectivity index (χ3v) is 9.23. The van der Waals surface area contributed by atoms with Crippen molar-refractivity contribution in [2.75, 3.05) is 50.1 Å². The van der Waals surface area contributed by atoms with Crippen LogP contribution in [0.15, 0.2) is 70.5 Å². The smallest absolute Gasteiger partial charge is 0.242 e. The Hall–Kier alpha value is -2.26. The lowest BCUT2D eigenvalue weighted by Gasteiger charge is -2.38. The molecule has 9 heteroatoms. The molecular formula is C26H29ClFN3O2S2. The first kappa shape index (κ1) is 25.8. The van der Waals surface area contributed by atoms with Gasteiger partial charge in [0.2, 0.25) is 10.0 Å². The standard InChI is InChI=1S/C26H29ClFN3O2S2/c1-19-4-10-25(30-12-14-31(15-13-30)26-11-5-21(27)17-24(26)28)20(16-19)18-34-22-6-8-23(9-7-22)35(32,33)29(2)3/h4-11,16-17H,12-15,18H2,1-3H3. The lowest BCUT2D eigenvalue weighted by molar-refractivity contribution is 0.520. The van der Waals surface area contributed by atoms with Crippen LogP contribution in [0.4, 0.5) is 15.8 Å². The Labute approximate surface area is 216 Å². The molecule has 5 nitrogen and oxygen atoms in total. The van der Waals surface area contributed by atoms with Crippen LogP contribution in [0.1, 0.15) is 11.1 Å². The average molecular weight is 534 g/mol. The van der Waals surface area contributed by atoms with Crippen LogP contribution in [0, 0.1) is 12.7 Å². The van der Waals surface area contributed by atoms with Gasteiger partial charge >= 0.3 is 0 Å². The van der Waals surface area contributed by atoms with Crippen molar-refractivity contribution in [3.63, 3.8) is 0 Å². The number of aryl methyl sites for hydroxylation is 1. The van der Waals surface area contributed by atoms with E-state index in [-0.39, 0.29) is 10.7 Å². The quantitative estimate of drug-likeness (QED) is 0.367. The van der Waals surface area contributed by atoms with E-state index < -0.39 is 10.0 Å². The van der Waals surface area contributed by atoms with Gasteiger partial charge in [-0.2, -0.15) is 0 Å². The van der Waals surface area contributed by atoms with Crippen molar-refractivity contribution in [1.82, 2.24) is 4.31 Å². The Morgan fingerprint density at radius 3 is 2.11 bits per heavy atom. The number of benzene rings is 3. The summed E-state index contributed by atoms with van der Waals surface area (Å²) in [6.07, 6.45) is 0. The summed E-state index contributed by atoms with van der Waals surface area (Å²) < 4.78 is 40.2. The highest BCUT2D eigenvalue weighted by Crippen LogP contribution is 2.32. The Morgan fingerprint density at radius 1 is 0.914 bits per heavy atom. The Kier molecular flexibility index (Phi) is 7.96. The molecule has 0 radical (unpaired) electrons. The third kappa shape index (κ3) is 5.94. The lowest BCUT2D eigenvalue weighted by Crippen LogP contribution is -2.47. The first-order chi connectivity index (χ1) is 16.6. The number of hydrogen-bond donors (Lipinski definition) is 0. The predicted molar refractivity (Wildman–Crippen MR) is 144 cm³/mol. The fraction of sp³-hybridized carbons (Fsp3) is 0.308. The van der Waals surface area contributed by atoms with E-state index in [1.807, 2.05) is 12.1 Å². The number of piperazine rings is 1. The van der Waals surface area contributed by atoms with Crippen molar-refractivity contribution in [3.05, 3.63) is 82.6 Å². The Bertz CT molecular complexity index is 1290. The van der Waals surface area contributed by atoms with Gasteiger partial charge in [-0.05, 0) is 61.0 Å². The Balaban J connectivity index is 1.44. The summed E-state index contributed by atoms with van der Waals surface area (Å²) in [5.74, 6) is 0.478. The number of thioether (sulfide) groups is 1. The van der Waals surface area contributed by atoms with Gasteiger partial charge in [-0.3, -0.25) is 0 Å². The highest BCUT2D eigenvalue weighted by Gasteiger charge is 2.22. The van der Waals surface area contributed by atoms with Crippen molar-refractivity contribution in [2.24, 2.45) is 0 Å². The van der Waals surface area contributed by atoms with Crippen molar-refractivity contribution >= 4 is 44.8 Å². The lowest BCUT2D eigenvalue weighted by atomic mass is 10.1. The number of sulfonamides is 1. The molecular weight excluding hydrogens is 505 g/mol. The highest BCUT2D eigenvalue weighted by molar-refractivity contribution is 7.98. The number of rotatable bonds is 7. The van der Waals surface area contributed by atoms with Crippen molar-refractivity contribution < 1.29 is 12.8 Å². The number of nitrogens with zero attached hydrogens (tertiary/aromatic N) is 3. The molecule has 0 amide bonds. The van der Waals surface area contributed by atoms with E-state index in [2.05, 4.69) is 34.9 Å². The van der Waals surface area contributed by atoms with Gasteiger partial charge in [-0.25, -0.2) is 17.1 Å². The molecule has 1 saturated heterocycles. The maximum Gasteiger partial charge on any atom is 0.242 e. The minimum Gasteiger partial charge on any atom is -0.368 e. The summed E-state index contributed by atoms with van der Waals surface area (Å²) in [5.41, 5.74) is 4.20. The van der Waals surface area contributed by atoms with Crippen molar-refractivity contribution in [1.29, 1.82) is 0 Å². The van der Waals surface area contributed by atoms with E-state index in [0.29, 0.717) is 10.7 Å². The summed E-state index contributed by atoms with van der Waals surface area (Å²) in [6, 6.07) is 18.4. The second-order valence-corrected chi connectivity index (χ2v) is 12.4. The first-order valence-corrected chi connectivity index (χ1v) is 14.2. The zero-order chi connectivity index (χ0) is 25.2. The molecule has 35 heavy (non-hydrogen) atoms. The zero-order valence-electron chi connectivity index (χ0n) is 20.0.